The van der Waals surface area contributed by atoms with Gasteiger partial charge in [0, 0.05) is 18.9 Å². The summed E-state index contributed by atoms with van der Waals surface area (Å²) in [7, 11) is 0. The minimum absolute atomic E-state index is 0.0374. The number of nitrogens with one attached hydrogen (secondary N) is 2. The number of carboxylic acids is 1. The first-order valence-electron chi connectivity index (χ1n) is 10.3. The molecule has 7 heteroatoms. The van der Waals surface area contributed by atoms with Crippen molar-refractivity contribution in [2.75, 3.05) is 13.2 Å². The number of hydrogen-bond donors (Lipinski definition) is 3. The van der Waals surface area contributed by atoms with Crippen molar-refractivity contribution in [2.24, 2.45) is 5.41 Å². The van der Waals surface area contributed by atoms with E-state index in [4.69, 9.17) is 4.74 Å². The molecule has 0 bridgehead atoms. The Morgan fingerprint density at radius 3 is 2.06 bits per heavy atom. The van der Waals surface area contributed by atoms with E-state index in [2.05, 4.69) is 22.8 Å². The van der Waals surface area contributed by atoms with Crippen molar-refractivity contribution < 1.29 is 24.2 Å². The SMILES string of the molecule is CC(C)(C)[C@@H](NC(=O)CCNC(=O)OCC1c2ccccc2-c2ccccc21)C(=O)O. The average molecular weight is 424 g/mol. The van der Waals surface area contributed by atoms with Gasteiger partial charge in [0.05, 0.1) is 0 Å². The summed E-state index contributed by atoms with van der Waals surface area (Å²) in [6.07, 6.45) is -0.649. The zero-order valence-electron chi connectivity index (χ0n) is 18.0. The zero-order chi connectivity index (χ0) is 22.6. The van der Waals surface area contributed by atoms with Crippen LogP contribution in [0.5, 0.6) is 0 Å². The van der Waals surface area contributed by atoms with Crippen LogP contribution in [0.2, 0.25) is 0 Å². The molecule has 1 aliphatic carbocycles. The average Bonchev–Trinajstić information content (AvgIpc) is 3.03. The van der Waals surface area contributed by atoms with Gasteiger partial charge in [-0.15, -0.1) is 0 Å². The van der Waals surface area contributed by atoms with Crippen LogP contribution in [0.1, 0.15) is 44.2 Å². The molecule has 2 aromatic rings. The molecule has 0 fully saturated rings. The second-order valence-electron chi connectivity index (χ2n) is 8.71. The largest absolute Gasteiger partial charge is 0.480 e. The first-order chi connectivity index (χ1) is 14.7. The van der Waals surface area contributed by atoms with Gasteiger partial charge in [0.25, 0.3) is 0 Å². The predicted molar refractivity (Wildman–Crippen MR) is 117 cm³/mol. The highest BCUT2D eigenvalue weighted by molar-refractivity contribution is 5.84. The van der Waals surface area contributed by atoms with E-state index in [1.807, 2.05) is 36.4 Å². The standard InChI is InChI=1S/C24H28N2O5/c1-24(2,3)21(22(28)29)26-20(27)12-13-25-23(30)31-14-19-17-10-6-4-8-15(17)16-9-5-7-11-18(16)19/h4-11,19,21H,12-14H2,1-3H3,(H,25,30)(H,26,27)(H,28,29)/t21-/m0/s1. The van der Waals surface area contributed by atoms with E-state index in [1.54, 1.807) is 20.8 Å². The molecule has 0 saturated heterocycles. The number of carbonyl (C=O) groups is 3. The molecule has 0 radical (unpaired) electrons. The molecule has 0 unspecified atom stereocenters. The number of aliphatic carboxylic acids is 1. The van der Waals surface area contributed by atoms with Gasteiger partial charge in [0.15, 0.2) is 0 Å². The van der Waals surface area contributed by atoms with Crippen molar-refractivity contribution >= 4 is 18.0 Å². The van der Waals surface area contributed by atoms with Gasteiger partial charge >= 0.3 is 12.1 Å². The maximum atomic E-state index is 12.1. The van der Waals surface area contributed by atoms with Crippen molar-refractivity contribution in [2.45, 2.75) is 39.2 Å². The van der Waals surface area contributed by atoms with Crippen LogP contribution in [0.15, 0.2) is 48.5 Å². The van der Waals surface area contributed by atoms with Gasteiger partial charge in [-0.25, -0.2) is 9.59 Å². The third-order valence-electron chi connectivity index (χ3n) is 5.38. The quantitative estimate of drug-likeness (QED) is 0.631. The Hall–Kier alpha value is -3.35. The number of alkyl carbamates (subject to hydrolysis) is 1. The van der Waals surface area contributed by atoms with Gasteiger partial charge in [-0.2, -0.15) is 0 Å². The maximum absolute atomic E-state index is 12.1. The molecule has 7 nitrogen and oxygen atoms in total. The van der Waals surface area contributed by atoms with E-state index < -0.39 is 29.4 Å². The van der Waals surface area contributed by atoms with E-state index >= 15 is 0 Å². The minimum atomic E-state index is -1.09. The van der Waals surface area contributed by atoms with Crippen LogP contribution < -0.4 is 10.6 Å². The summed E-state index contributed by atoms with van der Waals surface area (Å²) in [5.74, 6) is -1.57. The summed E-state index contributed by atoms with van der Waals surface area (Å²) < 4.78 is 5.42. The van der Waals surface area contributed by atoms with Crippen LogP contribution in [0.3, 0.4) is 0 Å². The summed E-state index contributed by atoms with van der Waals surface area (Å²) >= 11 is 0. The first kappa shape index (κ1) is 22.3. The fourth-order valence-electron chi connectivity index (χ4n) is 3.81. The molecule has 0 heterocycles. The second-order valence-corrected chi connectivity index (χ2v) is 8.71. The number of amides is 2. The molecule has 2 amide bonds. The molecule has 1 aliphatic rings. The van der Waals surface area contributed by atoms with E-state index in [9.17, 15) is 19.5 Å². The van der Waals surface area contributed by atoms with Gasteiger partial charge in [0.1, 0.15) is 12.6 Å². The Labute approximate surface area is 181 Å². The molecule has 2 aromatic carbocycles. The highest BCUT2D eigenvalue weighted by Gasteiger charge is 2.32. The van der Waals surface area contributed by atoms with Crippen molar-refractivity contribution in [3.05, 3.63) is 59.7 Å². The van der Waals surface area contributed by atoms with Gasteiger partial charge in [-0.05, 0) is 27.7 Å². The second kappa shape index (κ2) is 9.20. The third-order valence-corrected chi connectivity index (χ3v) is 5.38. The van der Waals surface area contributed by atoms with Crippen LogP contribution in [-0.2, 0) is 14.3 Å². The van der Waals surface area contributed by atoms with Crippen molar-refractivity contribution in [3.8, 4) is 11.1 Å². The lowest BCUT2D eigenvalue weighted by Crippen LogP contribution is -2.49. The van der Waals surface area contributed by atoms with Gasteiger partial charge < -0.3 is 20.5 Å². The highest BCUT2D eigenvalue weighted by Crippen LogP contribution is 2.44. The lowest BCUT2D eigenvalue weighted by molar-refractivity contribution is -0.144. The normalized spacial score (nSPS) is 13.6. The molecule has 0 saturated carbocycles. The number of ether oxygens (including phenoxy) is 1. The monoisotopic (exact) mass is 424 g/mol. The molecule has 1 atom stereocenters. The Morgan fingerprint density at radius 2 is 1.55 bits per heavy atom. The summed E-state index contributed by atoms with van der Waals surface area (Å²) in [6, 6.07) is 15.1. The Morgan fingerprint density at radius 1 is 1.00 bits per heavy atom. The number of fused-ring (bicyclic) bond motifs is 3. The fraction of sp³-hybridized carbons (Fsp3) is 0.375. The highest BCUT2D eigenvalue weighted by atomic mass is 16.5. The summed E-state index contributed by atoms with van der Waals surface area (Å²) in [5.41, 5.74) is 3.92. The molecule has 0 aliphatic heterocycles. The molecular formula is C24H28N2O5. The molecule has 164 valence electrons. The zero-order valence-corrected chi connectivity index (χ0v) is 18.0. The van der Waals surface area contributed by atoms with E-state index in [0.717, 1.165) is 22.3 Å². The molecule has 31 heavy (non-hydrogen) atoms. The smallest absolute Gasteiger partial charge is 0.407 e. The number of benzene rings is 2. The Bertz CT molecular complexity index is 934. The first-order valence-corrected chi connectivity index (χ1v) is 10.3. The predicted octanol–water partition coefficient (Wildman–Crippen LogP) is 3.53. The maximum Gasteiger partial charge on any atom is 0.407 e. The Balaban J connectivity index is 1.49. The van der Waals surface area contributed by atoms with Gasteiger partial charge in [-0.3, -0.25) is 4.79 Å². The number of rotatable bonds is 7. The van der Waals surface area contributed by atoms with Gasteiger partial charge in [-0.1, -0.05) is 69.3 Å². The summed E-state index contributed by atoms with van der Waals surface area (Å²) in [6.45, 7) is 5.46. The molecular weight excluding hydrogens is 396 g/mol. The molecule has 3 rings (SSSR count). The molecule has 0 aromatic heterocycles. The van der Waals surface area contributed by atoms with Gasteiger partial charge in [0.2, 0.25) is 5.91 Å². The van der Waals surface area contributed by atoms with Crippen LogP contribution in [0.4, 0.5) is 4.79 Å². The van der Waals surface area contributed by atoms with E-state index in [1.165, 1.54) is 0 Å². The van der Waals surface area contributed by atoms with Crippen molar-refractivity contribution in [1.29, 1.82) is 0 Å². The number of hydrogen-bond acceptors (Lipinski definition) is 4. The number of carbonyl (C=O) groups excluding carboxylic acids is 2. The minimum Gasteiger partial charge on any atom is -0.480 e. The lowest BCUT2D eigenvalue weighted by Gasteiger charge is -2.27. The number of carboxylic acid groups (broad SMARTS) is 1. The van der Waals surface area contributed by atoms with E-state index in [0.29, 0.717) is 0 Å². The Kier molecular flexibility index (Phi) is 6.63. The van der Waals surface area contributed by atoms with Crippen LogP contribution in [0.25, 0.3) is 11.1 Å². The third kappa shape index (κ3) is 5.23. The van der Waals surface area contributed by atoms with Crippen LogP contribution in [0, 0.1) is 5.41 Å². The van der Waals surface area contributed by atoms with Crippen molar-refractivity contribution in [1.82, 2.24) is 10.6 Å². The van der Waals surface area contributed by atoms with E-state index in [-0.39, 0.29) is 25.5 Å². The molecule has 0 spiro atoms. The molecule has 3 N–H and O–H groups in total. The summed E-state index contributed by atoms with van der Waals surface area (Å²) in [5, 5.41) is 14.3. The summed E-state index contributed by atoms with van der Waals surface area (Å²) in [4.78, 5) is 35.5. The fourth-order valence-corrected chi connectivity index (χ4v) is 3.81. The van der Waals surface area contributed by atoms with Crippen LogP contribution in [-0.4, -0.2) is 42.3 Å². The lowest BCUT2D eigenvalue weighted by atomic mass is 9.86. The van der Waals surface area contributed by atoms with Crippen molar-refractivity contribution in [3.63, 3.8) is 0 Å². The van der Waals surface area contributed by atoms with Crippen LogP contribution >= 0.6 is 0 Å². The topological polar surface area (TPSA) is 105 Å².